The van der Waals surface area contributed by atoms with E-state index in [-0.39, 0.29) is 0 Å². The van der Waals surface area contributed by atoms with E-state index >= 15 is 0 Å². The molecule has 0 saturated carbocycles. The van der Waals surface area contributed by atoms with Crippen molar-refractivity contribution in [1.82, 2.24) is 0 Å². The van der Waals surface area contributed by atoms with Crippen LogP contribution in [0.25, 0.3) is 0 Å². The van der Waals surface area contributed by atoms with Crippen LogP contribution in [0.4, 0.5) is 30.2 Å². The van der Waals surface area contributed by atoms with Crippen LogP contribution in [0.5, 0.6) is 0 Å². The standard InChI is InChI=1S/C13H18F3N3O2/c1-3-5-18(6-4-2)9-7-10(17)12(13(14,15)16)11(8-9)19(20)21/h7-8H,3-6,17H2,1-2H3. The molecule has 1 aromatic rings. The van der Waals surface area contributed by atoms with Crippen molar-refractivity contribution in [2.24, 2.45) is 0 Å². The van der Waals surface area contributed by atoms with Crippen molar-refractivity contribution in [3.05, 3.63) is 27.8 Å². The molecule has 0 amide bonds. The molecule has 0 aliphatic rings. The van der Waals surface area contributed by atoms with Crippen LogP contribution in [0.2, 0.25) is 0 Å². The summed E-state index contributed by atoms with van der Waals surface area (Å²) in [5.41, 5.74) is 2.76. The normalized spacial score (nSPS) is 11.5. The van der Waals surface area contributed by atoms with E-state index in [9.17, 15) is 23.3 Å². The van der Waals surface area contributed by atoms with Crippen LogP contribution in [0, 0.1) is 10.1 Å². The maximum absolute atomic E-state index is 12.9. The predicted molar refractivity (Wildman–Crippen MR) is 75.3 cm³/mol. The molecule has 0 heterocycles. The van der Waals surface area contributed by atoms with Gasteiger partial charge in [-0.25, -0.2) is 0 Å². The summed E-state index contributed by atoms with van der Waals surface area (Å²) in [4.78, 5) is 11.7. The first-order valence-corrected chi connectivity index (χ1v) is 6.62. The fraction of sp³-hybridized carbons (Fsp3) is 0.538. The maximum Gasteiger partial charge on any atom is 0.425 e. The number of nitrogen functional groups attached to an aromatic ring is 1. The first-order valence-electron chi connectivity index (χ1n) is 6.62. The topological polar surface area (TPSA) is 72.4 Å². The highest BCUT2D eigenvalue weighted by Crippen LogP contribution is 2.42. The summed E-state index contributed by atoms with van der Waals surface area (Å²) < 4.78 is 38.7. The van der Waals surface area contributed by atoms with E-state index in [1.165, 1.54) is 0 Å². The highest BCUT2D eigenvalue weighted by molar-refractivity contribution is 5.69. The van der Waals surface area contributed by atoms with E-state index in [0.29, 0.717) is 18.8 Å². The first kappa shape index (κ1) is 17.1. The van der Waals surface area contributed by atoms with Gasteiger partial charge in [-0.3, -0.25) is 10.1 Å². The second kappa shape index (κ2) is 6.64. The van der Waals surface area contributed by atoms with Crippen LogP contribution in [-0.2, 0) is 6.18 Å². The van der Waals surface area contributed by atoms with Gasteiger partial charge >= 0.3 is 6.18 Å². The van der Waals surface area contributed by atoms with Crippen molar-refractivity contribution in [2.45, 2.75) is 32.9 Å². The molecular formula is C13H18F3N3O2. The van der Waals surface area contributed by atoms with Crippen LogP contribution >= 0.6 is 0 Å². The summed E-state index contributed by atoms with van der Waals surface area (Å²) in [7, 11) is 0. The molecule has 1 rings (SSSR count). The number of alkyl halides is 3. The predicted octanol–water partition coefficient (Wildman–Crippen LogP) is 3.82. The third kappa shape index (κ3) is 3.99. The molecule has 0 aliphatic carbocycles. The van der Waals surface area contributed by atoms with Gasteiger partial charge in [0.15, 0.2) is 5.56 Å². The van der Waals surface area contributed by atoms with E-state index in [0.717, 1.165) is 25.0 Å². The Morgan fingerprint density at radius 1 is 1.24 bits per heavy atom. The second-order valence-corrected chi connectivity index (χ2v) is 4.67. The average molecular weight is 305 g/mol. The fourth-order valence-electron chi connectivity index (χ4n) is 2.18. The molecule has 0 radical (unpaired) electrons. The molecule has 0 unspecified atom stereocenters. The lowest BCUT2D eigenvalue weighted by molar-refractivity contribution is -0.387. The molecule has 0 aromatic heterocycles. The molecule has 0 spiro atoms. The van der Waals surface area contributed by atoms with Crippen molar-refractivity contribution in [2.75, 3.05) is 23.7 Å². The minimum absolute atomic E-state index is 0.343. The van der Waals surface area contributed by atoms with Gasteiger partial charge in [0.1, 0.15) is 0 Å². The summed E-state index contributed by atoms with van der Waals surface area (Å²) in [6.07, 6.45) is -3.31. The Morgan fingerprint density at radius 2 is 1.76 bits per heavy atom. The van der Waals surface area contributed by atoms with E-state index in [1.54, 1.807) is 4.90 Å². The Bertz CT molecular complexity index is 512. The Morgan fingerprint density at radius 3 is 2.14 bits per heavy atom. The number of halogens is 3. The van der Waals surface area contributed by atoms with E-state index < -0.39 is 28.0 Å². The second-order valence-electron chi connectivity index (χ2n) is 4.67. The zero-order valence-corrected chi connectivity index (χ0v) is 11.9. The Labute approximate surface area is 120 Å². The number of nitro benzene ring substituents is 1. The molecule has 0 fully saturated rings. The van der Waals surface area contributed by atoms with Crippen molar-refractivity contribution >= 4 is 17.1 Å². The van der Waals surface area contributed by atoms with Crippen LogP contribution in [0.1, 0.15) is 32.3 Å². The largest absolute Gasteiger partial charge is 0.425 e. The zero-order valence-electron chi connectivity index (χ0n) is 11.9. The molecule has 8 heteroatoms. The third-order valence-corrected chi connectivity index (χ3v) is 2.97. The Balaban J connectivity index is 3.42. The van der Waals surface area contributed by atoms with Gasteiger partial charge in [-0.1, -0.05) is 13.8 Å². The van der Waals surface area contributed by atoms with E-state index in [4.69, 9.17) is 5.73 Å². The molecular weight excluding hydrogens is 287 g/mol. The van der Waals surface area contributed by atoms with Crippen molar-refractivity contribution in [3.8, 4) is 0 Å². The monoisotopic (exact) mass is 305 g/mol. The average Bonchev–Trinajstić information content (AvgIpc) is 2.35. The molecule has 2 N–H and O–H groups in total. The van der Waals surface area contributed by atoms with Gasteiger partial charge in [-0.2, -0.15) is 13.2 Å². The third-order valence-electron chi connectivity index (χ3n) is 2.97. The fourth-order valence-corrected chi connectivity index (χ4v) is 2.18. The summed E-state index contributed by atoms with van der Waals surface area (Å²) >= 11 is 0. The highest BCUT2D eigenvalue weighted by Gasteiger charge is 2.41. The number of anilines is 2. The molecule has 0 bridgehead atoms. The van der Waals surface area contributed by atoms with Crippen molar-refractivity contribution in [3.63, 3.8) is 0 Å². The Hall–Kier alpha value is -1.99. The molecule has 0 atom stereocenters. The molecule has 0 saturated heterocycles. The number of hydrogen-bond acceptors (Lipinski definition) is 4. The lowest BCUT2D eigenvalue weighted by Crippen LogP contribution is -2.25. The summed E-state index contributed by atoms with van der Waals surface area (Å²) in [5, 5.41) is 10.9. The lowest BCUT2D eigenvalue weighted by Gasteiger charge is -2.24. The van der Waals surface area contributed by atoms with Gasteiger partial charge < -0.3 is 10.6 Å². The summed E-state index contributed by atoms with van der Waals surface area (Å²) in [5.74, 6) is 0. The van der Waals surface area contributed by atoms with Gasteiger partial charge in [0, 0.05) is 24.8 Å². The Kier molecular flexibility index (Phi) is 5.40. The number of rotatable bonds is 6. The van der Waals surface area contributed by atoms with Crippen LogP contribution in [0.3, 0.4) is 0 Å². The summed E-state index contributed by atoms with van der Waals surface area (Å²) in [6.45, 7) is 5.03. The lowest BCUT2D eigenvalue weighted by atomic mass is 10.1. The maximum atomic E-state index is 12.9. The van der Waals surface area contributed by atoms with Gasteiger partial charge in [0.25, 0.3) is 5.69 Å². The highest BCUT2D eigenvalue weighted by atomic mass is 19.4. The van der Waals surface area contributed by atoms with E-state index in [1.807, 2.05) is 13.8 Å². The quantitative estimate of drug-likeness (QED) is 0.492. The number of benzene rings is 1. The van der Waals surface area contributed by atoms with Gasteiger partial charge in [0.2, 0.25) is 0 Å². The van der Waals surface area contributed by atoms with Crippen molar-refractivity contribution in [1.29, 1.82) is 0 Å². The van der Waals surface area contributed by atoms with E-state index in [2.05, 4.69) is 0 Å². The summed E-state index contributed by atoms with van der Waals surface area (Å²) in [6, 6.07) is 2.10. The number of nitrogens with two attached hydrogens (primary N) is 1. The number of nitrogens with zero attached hydrogens (tertiary/aromatic N) is 2. The minimum Gasteiger partial charge on any atom is -0.398 e. The smallest absolute Gasteiger partial charge is 0.398 e. The molecule has 0 aliphatic heterocycles. The van der Waals surface area contributed by atoms with Crippen molar-refractivity contribution < 1.29 is 18.1 Å². The number of nitro groups is 1. The van der Waals surface area contributed by atoms with Crippen LogP contribution in [-0.4, -0.2) is 18.0 Å². The molecule has 1 aromatic carbocycles. The van der Waals surface area contributed by atoms with Gasteiger partial charge in [0.05, 0.1) is 10.6 Å². The molecule has 5 nitrogen and oxygen atoms in total. The van der Waals surface area contributed by atoms with Gasteiger partial charge in [-0.15, -0.1) is 0 Å². The molecule has 118 valence electrons. The van der Waals surface area contributed by atoms with Crippen LogP contribution < -0.4 is 10.6 Å². The number of hydrogen-bond donors (Lipinski definition) is 1. The zero-order chi connectivity index (χ0) is 16.2. The molecule has 21 heavy (non-hydrogen) atoms. The van der Waals surface area contributed by atoms with Crippen LogP contribution in [0.15, 0.2) is 12.1 Å². The van der Waals surface area contributed by atoms with Gasteiger partial charge in [-0.05, 0) is 18.9 Å². The minimum atomic E-state index is -4.86. The SMILES string of the molecule is CCCN(CCC)c1cc(N)c(C(F)(F)F)c([N+](=O)[O-])c1. The first-order chi connectivity index (χ1) is 9.72.